The summed E-state index contributed by atoms with van der Waals surface area (Å²) in [7, 11) is 3.49. The summed E-state index contributed by atoms with van der Waals surface area (Å²) in [6.45, 7) is 0.741. The van der Waals surface area contributed by atoms with Crippen molar-refractivity contribution < 1.29 is 14.0 Å². The molecule has 2 aromatic carbocycles. The summed E-state index contributed by atoms with van der Waals surface area (Å²) in [6.07, 6.45) is 4.60. The van der Waals surface area contributed by atoms with E-state index in [4.69, 9.17) is 0 Å². The zero-order valence-electron chi connectivity index (χ0n) is 18.3. The number of pyridine rings is 1. The number of carbonyl (C=O) groups is 2. The summed E-state index contributed by atoms with van der Waals surface area (Å²) in [5.74, 6) is -0.706. The Morgan fingerprint density at radius 1 is 1.09 bits per heavy atom. The van der Waals surface area contributed by atoms with Crippen LogP contribution in [0.5, 0.6) is 0 Å². The highest BCUT2D eigenvalue weighted by Crippen LogP contribution is 2.39. The minimum atomic E-state index is -0.745. The van der Waals surface area contributed by atoms with E-state index in [1.54, 1.807) is 36.2 Å². The molecule has 0 N–H and O–H groups in total. The summed E-state index contributed by atoms with van der Waals surface area (Å²) in [5.41, 5.74) is 2.61. The molecule has 1 fully saturated rings. The monoisotopic (exact) mass is 431 g/mol. The molecule has 0 aliphatic carbocycles. The van der Waals surface area contributed by atoms with Gasteiger partial charge in [0, 0.05) is 50.7 Å². The summed E-state index contributed by atoms with van der Waals surface area (Å²) < 4.78 is 13.7. The van der Waals surface area contributed by atoms with Gasteiger partial charge in [-0.3, -0.25) is 14.6 Å². The first-order chi connectivity index (χ1) is 15.4. The first-order valence-electron chi connectivity index (χ1n) is 10.6. The molecule has 1 aliphatic heterocycles. The maximum Gasteiger partial charge on any atom is 0.253 e. The molecule has 0 radical (unpaired) electrons. The highest BCUT2D eigenvalue weighted by molar-refractivity contribution is 5.95. The van der Waals surface area contributed by atoms with Crippen LogP contribution in [0.2, 0.25) is 0 Å². The Kier molecular flexibility index (Phi) is 6.04. The predicted molar refractivity (Wildman–Crippen MR) is 121 cm³/mol. The molecule has 164 valence electrons. The van der Waals surface area contributed by atoms with E-state index >= 15 is 0 Å². The normalized spacial score (nSPS) is 17.9. The van der Waals surface area contributed by atoms with Crippen LogP contribution >= 0.6 is 0 Å². The van der Waals surface area contributed by atoms with E-state index in [0.29, 0.717) is 31.5 Å². The molecule has 2 amide bonds. The number of carbonyl (C=O) groups excluding carboxylic acids is 2. The number of likely N-dealkylation sites (tertiary alicyclic amines) is 1. The number of nitrogens with zero attached hydrogens (tertiary/aromatic N) is 3. The standard InChI is InChI=1S/C26H26FN3O2/c1-29(2)25(32)26(12-14-30(18-26)24(31)19-8-5-10-22(27)15-19)16-20-7-3-4-11-23(20)21-9-6-13-28-17-21/h3-11,13,15,17H,12,14,16,18H2,1-2H3. The van der Waals surface area contributed by atoms with Crippen molar-refractivity contribution in [2.75, 3.05) is 27.2 Å². The molecule has 3 aromatic rings. The molecule has 0 spiro atoms. The third kappa shape index (κ3) is 4.26. The molecule has 2 heterocycles. The first-order valence-corrected chi connectivity index (χ1v) is 10.6. The fraction of sp³-hybridized carbons (Fsp3) is 0.269. The lowest BCUT2D eigenvalue weighted by Crippen LogP contribution is -2.44. The van der Waals surface area contributed by atoms with Gasteiger partial charge in [-0.15, -0.1) is 0 Å². The first kappa shape index (κ1) is 21.7. The van der Waals surface area contributed by atoms with E-state index in [2.05, 4.69) is 4.98 Å². The molecule has 4 rings (SSSR count). The van der Waals surface area contributed by atoms with Gasteiger partial charge in [0.15, 0.2) is 0 Å². The van der Waals surface area contributed by atoms with E-state index in [1.807, 2.05) is 42.6 Å². The summed E-state index contributed by atoms with van der Waals surface area (Å²) in [4.78, 5) is 33.9. The van der Waals surface area contributed by atoms with Crippen LogP contribution in [0.4, 0.5) is 4.39 Å². The van der Waals surface area contributed by atoms with Gasteiger partial charge in [0.05, 0.1) is 5.41 Å². The maximum atomic E-state index is 13.7. The molecule has 1 aromatic heterocycles. The van der Waals surface area contributed by atoms with E-state index in [-0.39, 0.29) is 11.8 Å². The van der Waals surface area contributed by atoms with Gasteiger partial charge in [-0.25, -0.2) is 4.39 Å². The molecule has 6 heteroatoms. The second-order valence-electron chi connectivity index (χ2n) is 8.54. The van der Waals surface area contributed by atoms with Crippen LogP contribution in [0.25, 0.3) is 11.1 Å². The van der Waals surface area contributed by atoms with Crippen molar-refractivity contribution in [3.8, 4) is 11.1 Å². The van der Waals surface area contributed by atoms with Gasteiger partial charge in [-0.1, -0.05) is 36.4 Å². The van der Waals surface area contributed by atoms with Crippen molar-refractivity contribution in [1.82, 2.24) is 14.8 Å². The second kappa shape index (κ2) is 8.91. The van der Waals surface area contributed by atoms with Crippen LogP contribution in [-0.4, -0.2) is 53.8 Å². The van der Waals surface area contributed by atoms with Crippen molar-refractivity contribution in [1.29, 1.82) is 0 Å². The minimum Gasteiger partial charge on any atom is -0.348 e. The Balaban J connectivity index is 1.67. The fourth-order valence-corrected chi connectivity index (χ4v) is 4.56. The number of halogens is 1. The van der Waals surface area contributed by atoms with Gasteiger partial charge < -0.3 is 9.80 Å². The van der Waals surface area contributed by atoms with Crippen LogP contribution in [-0.2, 0) is 11.2 Å². The summed E-state index contributed by atoms with van der Waals surface area (Å²) >= 11 is 0. The SMILES string of the molecule is CN(C)C(=O)C1(Cc2ccccc2-c2cccnc2)CCN(C(=O)c2cccc(F)c2)C1. The van der Waals surface area contributed by atoms with Crippen LogP contribution in [0.3, 0.4) is 0 Å². The largest absolute Gasteiger partial charge is 0.348 e. The van der Waals surface area contributed by atoms with E-state index in [1.165, 1.54) is 18.2 Å². The van der Waals surface area contributed by atoms with Crippen LogP contribution < -0.4 is 0 Å². The van der Waals surface area contributed by atoms with Crippen molar-refractivity contribution in [2.45, 2.75) is 12.8 Å². The molecule has 0 bridgehead atoms. The summed E-state index contributed by atoms with van der Waals surface area (Å²) in [5, 5.41) is 0. The Labute approximate surface area is 187 Å². The number of hydrogen-bond acceptors (Lipinski definition) is 3. The lowest BCUT2D eigenvalue weighted by atomic mass is 9.78. The molecule has 0 saturated carbocycles. The smallest absolute Gasteiger partial charge is 0.253 e. The molecule has 1 aliphatic rings. The van der Waals surface area contributed by atoms with Gasteiger partial charge in [0.2, 0.25) is 5.91 Å². The number of hydrogen-bond donors (Lipinski definition) is 0. The van der Waals surface area contributed by atoms with Crippen molar-refractivity contribution in [3.63, 3.8) is 0 Å². The predicted octanol–water partition coefficient (Wildman–Crippen LogP) is 4.05. The average molecular weight is 432 g/mol. The Hall–Kier alpha value is -3.54. The fourth-order valence-electron chi connectivity index (χ4n) is 4.56. The zero-order valence-corrected chi connectivity index (χ0v) is 18.3. The second-order valence-corrected chi connectivity index (χ2v) is 8.54. The molecule has 1 saturated heterocycles. The molecule has 1 atom stereocenters. The highest BCUT2D eigenvalue weighted by atomic mass is 19.1. The van der Waals surface area contributed by atoms with Crippen LogP contribution in [0.15, 0.2) is 73.1 Å². The Morgan fingerprint density at radius 3 is 2.62 bits per heavy atom. The Bertz CT molecular complexity index is 1130. The number of benzene rings is 2. The number of aromatic nitrogens is 1. The van der Waals surface area contributed by atoms with Crippen molar-refractivity contribution in [3.05, 3.63) is 90.0 Å². The van der Waals surface area contributed by atoms with Crippen molar-refractivity contribution in [2.24, 2.45) is 5.41 Å². The lowest BCUT2D eigenvalue weighted by Gasteiger charge is -2.32. The Morgan fingerprint density at radius 2 is 1.91 bits per heavy atom. The molecular formula is C26H26FN3O2. The number of rotatable bonds is 5. The van der Waals surface area contributed by atoms with Crippen LogP contribution in [0, 0.1) is 11.2 Å². The third-order valence-electron chi connectivity index (χ3n) is 6.09. The van der Waals surface area contributed by atoms with E-state index < -0.39 is 11.2 Å². The molecular weight excluding hydrogens is 405 g/mol. The molecule has 1 unspecified atom stereocenters. The maximum absolute atomic E-state index is 13.7. The molecule has 5 nitrogen and oxygen atoms in total. The topological polar surface area (TPSA) is 53.5 Å². The molecule has 32 heavy (non-hydrogen) atoms. The van der Waals surface area contributed by atoms with Gasteiger partial charge >= 0.3 is 0 Å². The third-order valence-corrected chi connectivity index (χ3v) is 6.09. The van der Waals surface area contributed by atoms with E-state index in [0.717, 1.165) is 16.7 Å². The highest BCUT2D eigenvalue weighted by Gasteiger charge is 2.47. The number of amides is 2. The minimum absolute atomic E-state index is 0.00645. The quantitative estimate of drug-likeness (QED) is 0.612. The zero-order chi connectivity index (χ0) is 22.7. The van der Waals surface area contributed by atoms with Gasteiger partial charge in [-0.2, -0.15) is 0 Å². The van der Waals surface area contributed by atoms with Crippen molar-refractivity contribution >= 4 is 11.8 Å². The van der Waals surface area contributed by atoms with Gasteiger partial charge in [-0.05, 0) is 48.2 Å². The average Bonchev–Trinajstić information content (AvgIpc) is 3.24. The van der Waals surface area contributed by atoms with E-state index in [9.17, 15) is 14.0 Å². The van der Waals surface area contributed by atoms with Gasteiger partial charge in [0.1, 0.15) is 5.82 Å². The lowest BCUT2D eigenvalue weighted by molar-refractivity contribution is -0.138. The summed E-state index contributed by atoms with van der Waals surface area (Å²) in [6, 6.07) is 17.6. The van der Waals surface area contributed by atoms with Crippen LogP contribution in [0.1, 0.15) is 22.3 Å². The van der Waals surface area contributed by atoms with Gasteiger partial charge in [0.25, 0.3) is 5.91 Å².